The summed E-state index contributed by atoms with van der Waals surface area (Å²) in [6.45, 7) is 4.18. The highest BCUT2D eigenvalue weighted by atomic mass is 35.5. The molecule has 0 aliphatic carbocycles. The van der Waals surface area contributed by atoms with Crippen molar-refractivity contribution in [2.75, 3.05) is 13.1 Å². The Morgan fingerprint density at radius 3 is 2.53 bits per heavy atom. The molecule has 1 aromatic heterocycles. The molecule has 3 rings (SSSR count). The first-order chi connectivity index (χ1) is 17.0. The summed E-state index contributed by atoms with van der Waals surface area (Å²) in [6.07, 6.45) is 0.975. The molecule has 0 saturated heterocycles. The highest BCUT2D eigenvalue weighted by Gasteiger charge is 2.22. The highest BCUT2D eigenvalue weighted by Crippen LogP contribution is 2.25. The minimum absolute atomic E-state index is 0.0451. The maximum atomic E-state index is 13.2. The normalized spacial score (nSPS) is 12.6. The second kappa shape index (κ2) is 12.6. The lowest BCUT2D eigenvalue weighted by molar-refractivity contribution is -0.129. The van der Waals surface area contributed by atoms with Crippen LogP contribution in [0.5, 0.6) is 0 Å². The van der Waals surface area contributed by atoms with Crippen LogP contribution in [0.3, 0.4) is 0 Å². The topological polar surface area (TPSA) is 104 Å². The standard InChI is InChI=1S/C25H29ClFN3O4S2/c1-16(2)12-21(30-24(31)15-19-13-17-6-3-4-7-22(17)35-19)25(32)28-10-5-11-29-36(33,34)23-9-8-18(27)14-20(23)26/h3-4,6-9,13-14,16,21,29H,5,10-12,15H2,1-2H3,(H,28,32)(H,30,31)/t21-/m0/s1. The molecule has 3 aromatic rings. The van der Waals surface area contributed by atoms with E-state index >= 15 is 0 Å². The van der Waals surface area contributed by atoms with Crippen molar-refractivity contribution in [2.24, 2.45) is 5.92 Å². The van der Waals surface area contributed by atoms with E-state index < -0.39 is 21.9 Å². The monoisotopic (exact) mass is 553 g/mol. The van der Waals surface area contributed by atoms with Gasteiger partial charge in [0.1, 0.15) is 16.8 Å². The smallest absolute Gasteiger partial charge is 0.242 e. The second-order valence-electron chi connectivity index (χ2n) is 8.79. The van der Waals surface area contributed by atoms with E-state index in [0.29, 0.717) is 12.8 Å². The van der Waals surface area contributed by atoms with Crippen LogP contribution in [0.15, 0.2) is 53.4 Å². The number of halogens is 2. The summed E-state index contributed by atoms with van der Waals surface area (Å²) < 4.78 is 41.4. The third kappa shape index (κ3) is 7.99. The van der Waals surface area contributed by atoms with Crippen molar-refractivity contribution in [3.63, 3.8) is 0 Å². The van der Waals surface area contributed by atoms with Gasteiger partial charge in [0, 0.05) is 22.7 Å². The molecule has 194 valence electrons. The first-order valence-electron chi connectivity index (χ1n) is 11.5. The molecular weight excluding hydrogens is 525 g/mol. The third-order valence-corrected chi connectivity index (χ3v) is 8.36. The van der Waals surface area contributed by atoms with Crippen molar-refractivity contribution >= 4 is 54.9 Å². The molecule has 2 amide bonds. The van der Waals surface area contributed by atoms with E-state index in [0.717, 1.165) is 33.2 Å². The van der Waals surface area contributed by atoms with E-state index in [1.807, 2.05) is 44.2 Å². The third-order valence-electron chi connectivity index (χ3n) is 5.30. The van der Waals surface area contributed by atoms with Crippen LogP contribution in [0.2, 0.25) is 5.02 Å². The van der Waals surface area contributed by atoms with Crippen LogP contribution >= 0.6 is 22.9 Å². The van der Waals surface area contributed by atoms with Gasteiger partial charge in [-0.2, -0.15) is 0 Å². The number of nitrogens with one attached hydrogen (secondary N) is 3. The fourth-order valence-corrected chi connectivity index (χ4v) is 6.30. The van der Waals surface area contributed by atoms with Gasteiger partial charge in [0.15, 0.2) is 0 Å². The molecule has 7 nitrogen and oxygen atoms in total. The fraction of sp³-hybridized carbons (Fsp3) is 0.360. The molecule has 0 spiro atoms. The summed E-state index contributed by atoms with van der Waals surface area (Å²) >= 11 is 7.39. The van der Waals surface area contributed by atoms with E-state index in [1.54, 1.807) is 11.3 Å². The molecule has 0 saturated carbocycles. The van der Waals surface area contributed by atoms with Gasteiger partial charge in [-0.3, -0.25) is 9.59 Å². The van der Waals surface area contributed by atoms with E-state index in [4.69, 9.17) is 11.6 Å². The van der Waals surface area contributed by atoms with Crippen LogP contribution in [-0.4, -0.2) is 39.4 Å². The summed E-state index contributed by atoms with van der Waals surface area (Å²) in [5.41, 5.74) is 0. The zero-order valence-corrected chi connectivity index (χ0v) is 22.4. The average Bonchev–Trinajstić information content (AvgIpc) is 3.19. The Morgan fingerprint density at radius 1 is 1.08 bits per heavy atom. The first-order valence-corrected chi connectivity index (χ1v) is 14.2. The van der Waals surface area contributed by atoms with Gasteiger partial charge in [-0.1, -0.05) is 43.6 Å². The Kier molecular flexibility index (Phi) is 9.84. The van der Waals surface area contributed by atoms with Gasteiger partial charge in [0.05, 0.1) is 11.4 Å². The van der Waals surface area contributed by atoms with Crippen LogP contribution in [0.4, 0.5) is 4.39 Å². The minimum Gasteiger partial charge on any atom is -0.354 e. The van der Waals surface area contributed by atoms with E-state index in [9.17, 15) is 22.4 Å². The summed E-state index contributed by atoms with van der Waals surface area (Å²) in [5.74, 6) is -1.00. The summed E-state index contributed by atoms with van der Waals surface area (Å²) in [6, 6.07) is 12.2. The Hall–Kier alpha value is -2.53. The van der Waals surface area contributed by atoms with Gasteiger partial charge in [-0.15, -0.1) is 11.3 Å². The van der Waals surface area contributed by atoms with Crippen LogP contribution in [0.25, 0.3) is 10.1 Å². The number of carbonyl (C=O) groups is 2. The predicted octanol–water partition coefficient (Wildman–Crippen LogP) is 4.25. The van der Waals surface area contributed by atoms with Gasteiger partial charge < -0.3 is 10.6 Å². The van der Waals surface area contributed by atoms with Gasteiger partial charge in [0.25, 0.3) is 0 Å². The van der Waals surface area contributed by atoms with Crippen LogP contribution < -0.4 is 15.4 Å². The number of carbonyl (C=O) groups excluding carboxylic acids is 2. The predicted molar refractivity (Wildman–Crippen MR) is 141 cm³/mol. The van der Waals surface area contributed by atoms with Crippen molar-refractivity contribution in [3.8, 4) is 0 Å². The van der Waals surface area contributed by atoms with E-state index in [-0.39, 0.29) is 47.2 Å². The Morgan fingerprint density at radius 2 is 1.83 bits per heavy atom. The van der Waals surface area contributed by atoms with Gasteiger partial charge in [-0.05, 0) is 54.5 Å². The SMILES string of the molecule is CC(C)C[C@H](NC(=O)Cc1cc2ccccc2s1)C(=O)NCCCNS(=O)(=O)c1ccc(F)cc1Cl. The van der Waals surface area contributed by atoms with Gasteiger partial charge in [0.2, 0.25) is 21.8 Å². The number of hydrogen-bond acceptors (Lipinski definition) is 5. The first kappa shape index (κ1) is 28.0. The Labute approximate surface area is 219 Å². The lowest BCUT2D eigenvalue weighted by Crippen LogP contribution is -2.48. The Balaban J connectivity index is 1.48. The summed E-state index contributed by atoms with van der Waals surface area (Å²) in [5, 5.41) is 6.47. The lowest BCUT2D eigenvalue weighted by atomic mass is 10.0. The number of benzene rings is 2. The number of hydrogen-bond donors (Lipinski definition) is 3. The molecule has 0 fully saturated rings. The average molecular weight is 554 g/mol. The van der Waals surface area contributed by atoms with Crippen molar-refractivity contribution < 1.29 is 22.4 Å². The number of amides is 2. The molecule has 0 bridgehead atoms. The van der Waals surface area contributed by atoms with Crippen LogP contribution in [-0.2, 0) is 26.0 Å². The van der Waals surface area contributed by atoms with Crippen molar-refractivity contribution in [2.45, 2.75) is 44.0 Å². The lowest BCUT2D eigenvalue weighted by Gasteiger charge is -2.20. The maximum absolute atomic E-state index is 13.2. The molecular formula is C25H29ClFN3O4S2. The molecule has 11 heteroatoms. The summed E-state index contributed by atoms with van der Waals surface area (Å²) in [7, 11) is -3.91. The summed E-state index contributed by atoms with van der Waals surface area (Å²) in [4.78, 5) is 26.1. The zero-order valence-electron chi connectivity index (χ0n) is 20.0. The minimum atomic E-state index is -3.91. The van der Waals surface area contributed by atoms with Crippen molar-refractivity contribution in [1.29, 1.82) is 0 Å². The zero-order chi connectivity index (χ0) is 26.3. The highest BCUT2D eigenvalue weighted by molar-refractivity contribution is 7.89. The van der Waals surface area contributed by atoms with Crippen molar-refractivity contribution in [3.05, 3.63) is 64.2 Å². The second-order valence-corrected chi connectivity index (χ2v) is 12.1. The molecule has 3 N–H and O–H groups in total. The van der Waals surface area contributed by atoms with Gasteiger partial charge in [-0.25, -0.2) is 17.5 Å². The number of fused-ring (bicyclic) bond motifs is 1. The molecule has 0 unspecified atom stereocenters. The number of thiophene rings is 1. The van der Waals surface area contributed by atoms with Crippen molar-refractivity contribution in [1.82, 2.24) is 15.4 Å². The van der Waals surface area contributed by atoms with Gasteiger partial charge >= 0.3 is 0 Å². The molecule has 1 atom stereocenters. The fourth-order valence-electron chi connectivity index (χ4n) is 3.63. The molecule has 2 aromatic carbocycles. The Bertz CT molecular complexity index is 1290. The molecule has 0 radical (unpaired) electrons. The quantitative estimate of drug-likeness (QED) is 0.292. The molecule has 0 aliphatic heterocycles. The van der Waals surface area contributed by atoms with Crippen LogP contribution in [0.1, 0.15) is 31.6 Å². The molecule has 1 heterocycles. The number of rotatable bonds is 12. The number of sulfonamides is 1. The van der Waals surface area contributed by atoms with Crippen LogP contribution in [0, 0.1) is 11.7 Å². The largest absolute Gasteiger partial charge is 0.354 e. The maximum Gasteiger partial charge on any atom is 0.242 e. The van der Waals surface area contributed by atoms with E-state index in [1.165, 1.54) is 0 Å². The molecule has 0 aliphatic rings. The molecule has 36 heavy (non-hydrogen) atoms. The van der Waals surface area contributed by atoms with E-state index in [2.05, 4.69) is 15.4 Å².